The molecule has 3 rings (SSSR count). The van der Waals surface area contributed by atoms with E-state index in [0.717, 1.165) is 0 Å². The van der Waals surface area contributed by atoms with Crippen LogP contribution in [0.3, 0.4) is 0 Å². The summed E-state index contributed by atoms with van der Waals surface area (Å²) in [5.41, 5.74) is 0.703. The van der Waals surface area contributed by atoms with Gasteiger partial charge in [-0.05, 0) is 19.1 Å². The molecule has 0 saturated carbocycles. The predicted octanol–water partition coefficient (Wildman–Crippen LogP) is 3.09. The number of carbonyl (C=O) groups is 2. The molecule has 8 heteroatoms. The fourth-order valence-electron chi connectivity index (χ4n) is 3.27. The molecule has 0 spiro atoms. The van der Waals surface area contributed by atoms with Crippen LogP contribution in [0.4, 0.5) is 5.69 Å². The van der Waals surface area contributed by atoms with E-state index in [1.54, 1.807) is 37.3 Å². The van der Waals surface area contributed by atoms with Crippen LogP contribution in [-0.4, -0.2) is 30.0 Å². The summed E-state index contributed by atoms with van der Waals surface area (Å²) in [5, 5.41) is 14.0. The molecular formula is C21H20N2O6. The predicted molar refractivity (Wildman–Crippen MR) is 104 cm³/mol. The zero-order valence-electron chi connectivity index (χ0n) is 15.8. The third-order valence-electron chi connectivity index (χ3n) is 4.53. The number of hydrogen-bond donors (Lipinski definition) is 1. The highest BCUT2D eigenvalue weighted by Gasteiger charge is 2.36. The first-order valence-electron chi connectivity index (χ1n) is 9.06. The van der Waals surface area contributed by atoms with Gasteiger partial charge in [0.15, 0.2) is 0 Å². The summed E-state index contributed by atoms with van der Waals surface area (Å²) in [6.07, 6.45) is -0.0762. The number of rotatable bonds is 7. The Morgan fingerprint density at radius 3 is 2.55 bits per heavy atom. The number of nitrogens with one attached hydrogen (secondary N) is 1. The fourth-order valence-corrected chi connectivity index (χ4v) is 3.27. The van der Waals surface area contributed by atoms with Crippen LogP contribution in [0.25, 0.3) is 0 Å². The van der Waals surface area contributed by atoms with Crippen molar-refractivity contribution in [2.75, 3.05) is 13.2 Å². The topological polar surface area (TPSA) is 108 Å². The van der Waals surface area contributed by atoms with Crippen LogP contribution in [0.1, 0.15) is 24.8 Å². The SMILES string of the molecule is CC1=C(C(=O)OCCOc2ccccc2)C(c2ccccc2[N+](=O)[O-])CC(=O)N1. The number of para-hydroxylation sites is 2. The largest absolute Gasteiger partial charge is 0.490 e. The molecule has 1 amide bonds. The van der Waals surface area contributed by atoms with E-state index < -0.39 is 16.8 Å². The number of benzene rings is 2. The molecule has 2 aromatic carbocycles. The standard InChI is InChI=1S/C21H20N2O6/c1-14-20(21(25)29-12-11-28-15-7-3-2-4-8-15)17(13-19(24)22-14)16-9-5-6-10-18(16)23(26)27/h2-10,17H,11-13H2,1H3,(H,22,24). The molecule has 0 bridgehead atoms. The Morgan fingerprint density at radius 1 is 1.14 bits per heavy atom. The molecule has 0 radical (unpaired) electrons. The molecule has 0 aliphatic carbocycles. The number of hydrogen-bond acceptors (Lipinski definition) is 6. The van der Waals surface area contributed by atoms with E-state index in [1.165, 1.54) is 6.07 Å². The average Bonchev–Trinajstić information content (AvgIpc) is 2.71. The highest BCUT2D eigenvalue weighted by Crippen LogP contribution is 2.37. The van der Waals surface area contributed by atoms with Gasteiger partial charge < -0.3 is 14.8 Å². The first-order chi connectivity index (χ1) is 14.0. The van der Waals surface area contributed by atoms with Crippen molar-refractivity contribution < 1.29 is 24.0 Å². The molecule has 0 saturated heterocycles. The minimum absolute atomic E-state index is 0.00204. The monoisotopic (exact) mass is 396 g/mol. The molecule has 1 heterocycles. The van der Waals surface area contributed by atoms with E-state index >= 15 is 0 Å². The summed E-state index contributed by atoms with van der Waals surface area (Å²) in [7, 11) is 0. The second-order valence-corrected chi connectivity index (χ2v) is 6.46. The number of carbonyl (C=O) groups excluding carboxylic acids is 2. The Balaban J connectivity index is 1.76. The summed E-state index contributed by atoms with van der Waals surface area (Å²) < 4.78 is 10.8. The van der Waals surface area contributed by atoms with Crippen LogP contribution >= 0.6 is 0 Å². The molecule has 29 heavy (non-hydrogen) atoms. The van der Waals surface area contributed by atoms with Crippen molar-refractivity contribution >= 4 is 17.6 Å². The van der Waals surface area contributed by atoms with Crippen molar-refractivity contribution in [1.82, 2.24) is 5.32 Å². The molecule has 1 aliphatic heterocycles. The van der Waals surface area contributed by atoms with Gasteiger partial charge >= 0.3 is 5.97 Å². The first-order valence-corrected chi connectivity index (χ1v) is 9.06. The minimum atomic E-state index is -0.757. The van der Waals surface area contributed by atoms with Gasteiger partial charge in [0.1, 0.15) is 19.0 Å². The highest BCUT2D eigenvalue weighted by atomic mass is 16.6. The van der Waals surface area contributed by atoms with Crippen LogP contribution in [0.15, 0.2) is 65.9 Å². The van der Waals surface area contributed by atoms with Crippen molar-refractivity contribution in [2.45, 2.75) is 19.3 Å². The van der Waals surface area contributed by atoms with Gasteiger partial charge in [0.05, 0.1) is 10.5 Å². The molecule has 2 aromatic rings. The fraction of sp³-hybridized carbons (Fsp3) is 0.238. The number of nitro benzene ring substituents is 1. The van der Waals surface area contributed by atoms with E-state index in [4.69, 9.17) is 9.47 Å². The van der Waals surface area contributed by atoms with Crippen LogP contribution < -0.4 is 10.1 Å². The lowest BCUT2D eigenvalue weighted by Crippen LogP contribution is -2.34. The van der Waals surface area contributed by atoms with Gasteiger partial charge in [0.2, 0.25) is 5.91 Å². The zero-order chi connectivity index (χ0) is 20.8. The molecule has 150 valence electrons. The summed E-state index contributed by atoms with van der Waals surface area (Å²) in [6.45, 7) is 1.74. The first kappa shape index (κ1) is 20.1. The van der Waals surface area contributed by atoms with Gasteiger partial charge in [-0.2, -0.15) is 0 Å². The quantitative estimate of drug-likeness (QED) is 0.333. The molecule has 1 unspecified atom stereocenters. The average molecular weight is 396 g/mol. The second kappa shape index (κ2) is 9.01. The second-order valence-electron chi connectivity index (χ2n) is 6.46. The maximum Gasteiger partial charge on any atom is 0.336 e. The van der Waals surface area contributed by atoms with Crippen LogP contribution in [0.5, 0.6) is 5.75 Å². The maximum atomic E-state index is 12.7. The normalized spacial score (nSPS) is 16.2. The van der Waals surface area contributed by atoms with Gasteiger partial charge in [-0.1, -0.05) is 36.4 Å². The summed E-state index contributed by atoms with van der Waals surface area (Å²) in [5.74, 6) is -1.05. The lowest BCUT2D eigenvalue weighted by molar-refractivity contribution is -0.385. The number of ether oxygens (including phenoxy) is 2. The molecule has 1 aliphatic rings. The van der Waals surface area contributed by atoms with Crippen molar-refractivity contribution in [3.05, 3.63) is 81.5 Å². The van der Waals surface area contributed by atoms with Crippen molar-refractivity contribution in [1.29, 1.82) is 0 Å². The molecule has 1 atom stereocenters. The van der Waals surface area contributed by atoms with Gasteiger partial charge in [-0.3, -0.25) is 14.9 Å². The Morgan fingerprint density at radius 2 is 1.83 bits per heavy atom. The molecule has 1 N–H and O–H groups in total. The van der Waals surface area contributed by atoms with Crippen molar-refractivity contribution in [2.24, 2.45) is 0 Å². The van der Waals surface area contributed by atoms with Gasteiger partial charge in [-0.25, -0.2) is 4.79 Å². The van der Waals surface area contributed by atoms with Crippen LogP contribution in [0, 0.1) is 10.1 Å². The van der Waals surface area contributed by atoms with Gasteiger partial charge in [-0.15, -0.1) is 0 Å². The minimum Gasteiger partial charge on any atom is -0.490 e. The molecule has 8 nitrogen and oxygen atoms in total. The Kier molecular flexibility index (Phi) is 6.23. The number of esters is 1. The molecule has 0 fully saturated rings. The Bertz CT molecular complexity index is 955. The lowest BCUT2D eigenvalue weighted by atomic mass is 9.83. The number of amides is 1. The van der Waals surface area contributed by atoms with Crippen LogP contribution in [0.2, 0.25) is 0 Å². The van der Waals surface area contributed by atoms with E-state index in [1.807, 2.05) is 18.2 Å². The smallest absolute Gasteiger partial charge is 0.336 e. The van der Waals surface area contributed by atoms with Crippen molar-refractivity contribution in [3.63, 3.8) is 0 Å². The van der Waals surface area contributed by atoms with E-state index in [0.29, 0.717) is 17.0 Å². The van der Waals surface area contributed by atoms with E-state index in [-0.39, 0.29) is 36.8 Å². The maximum absolute atomic E-state index is 12.7. The lowest BCUT2D eigenvalue weighted by Gasteiger charge is -2.26. The summed E-state index contributed by atoms with van der Waals surface area (Å²) >= 11 is 0. The Labute approximate surface area is 167 Å². The summed E-state index contributed by atoms with van der Waals surface area (Å²) in [6, 6.07) is 15.2. The molecule has 0 aromatic heterocycles. The summed E-state index contributed by atoms with van der Waals surface area (Å²) in [4.78, 5) is 35.7. The van der Waals surface area contributed by atoms with E-state index in [9.17, 15) is 19.7 Å². The molecular weight excluding hydrogens is 376 g/mol. The van der Waals surface area contributed by atoms with Crippen molar-refractivity contribution in [3.8, 4) is 5.75 Å². The Hall–Kier alpha value is -3.68. The number of nitrogens with zero attached hydrogens (tertiary/aromatic N) is 1. The van der Waals surface area contributed by atoms with Gasteiger partial charge in [0.25, 0.3) is 5.69 Å². The number of allylic oxidation sites excluding steroid dienone is 1. The third kappa shape index (κ3) is 4.78. The zero-order valence-corrected chi connectivity index (χ0v) is 15.8. The van der Waals surface area contributed by atoms with Gasteiger partial charge in [0, 0.05) is 29.7 Å². The number of nitro groups is 1. The third-order valence-corrected chi connectivity index (χ3v) is 4.53. The highest BCUT2D eigenvalue weighted by molar-refractivity contribution is 5.96. The van der Waals surface area contributed by atoms with Crippen LogP contribution in [-0.2, 0) is 14.3 Å². The van der Waals surface area contributed by atoms with E-state index in [2.05, 4.69) is 5.32 Å².